The Labute approximate surface area is 157 Å². The van der Waals surface area contributed by atoms with Crippen LogP contribution in [0, 0.1) is 0 Å². The first-order chi connectivity index (χ1) is 13.2. The highest BCUT2D eigenvalue weighted by atomic mass is 16.5. The zero-order chi connectivity index (χ0) is 18.8. The summed E-state index contributed by atoms with van der Waals surface area (Å²) in [7, 11) is 1.62. The first-order valence-corrected chi connectivity index (χ1v) is 9.34. The van der Waals surface area contributed by atoms with E-state index in [9.17, 15) is 4.79 Å². The zero-order valence-electron chi connectivity index (χ0n) is 15.6. The normalized spacial score (nSPS) is 13.1. The highest BCUT2D eigenvalue weighted by Crippen LogP contribution is 2.37. The average molecular weight is 365 g/mol. The Morgan fingerprint density at radius 3 is 2.78 bits per heavy atom. The van der Waals surface area contributed by atoms with Crippen molar-refractivity contribution in [1.82, 2.24) is 4.98 Å². The number of aromatic amines is 1. The molecule has 0 amide bonds. The molecule has 0 fully saturated rings. The largest absolute Gasteiger partial charge is 0.497 e. The quantitative estimate of drug-likeness (QED) is 0.732. The number of nitrogens with one attached hydrogen (secondary N) is 1. The van der Waals surface area contributed by atoms with Gasteiger partial charge in [-0.1, -0.05) is 19.1 Å². The molecule has 4 rings (SSSR count). The van der Waals surface area contributed by atoms with Crippen molar-refractivity contribution in [1.29, 1.82) is 0 Å². The van der Waals surface area contributed by atoms with Gasteiger partial charge in [-0.05, 0) is 48.6 Å². The number of benzene rings is 2. The molecular weight excluding hydrogens is 342 g/mol. The van der Waals surface area contributed by atoms with E-state index in [0.29, 0.717) is 35.4 Å². The third-order valence-electron chi connectivity index (χ3n) is 4.85. The molecule has 3 aromatic rings. The highest BCUT2D eigenvalue weighted by Gasteiger charge is 2.22. The van der Waals surface area contributed by atoms with Crippen LogP contribution < -0.4 is 19.6 Å². The summed E-state index contributed by atoms with van der Waals surface area (Å²) in [5.74, 6) is 2.16. The Bertz CT molecular complexity index is 1020. The van der Waals surface area contributed by atoms with Crippen molar-refractivity contribution < 1.29 is 14.2 Å². The van der Waals surface area contributed by atoms with Crippen LogP contribution in [-0.4, -0.2) is 25.3 Å². The molecule has 2 aromatic carbocycles. The van der Waals surface area contributed by atoms with Gasteiger partial charge in [0.25, 0.3) is 0 Å². The monoisotopic (exact) mass is 365 g/mol. The number of methoxy groups -OCH3 is 1. The predicted octanol–water partition coefficient (Wildman–Crippen LogP) is 4.32. The summed E-state index contributed by atoms with van der Waals surface area (Å²) in [6.07, 6.45) is 4.49. The molecule has 0 radical (unpaired) electrons. The van der Waals surface area contributed by atoms with Crippen LogP contribution in [0.15, 0.2) is 41.3 Å². The third kappa shape index (κ3) is 3.14. The molecule has 0 unspecified atom stereocenters. The standard InChI is InChI=1S/C22H23NO4/c1-3-10-26-18-12-15-5-4-11-27-22(15)19-20(18)23-13-17(21(19)24)14-6-8-16(25-2)9-7-14/h6-9,12-13H,3-5,10-11H2,1-2H3,(H,23,24). The molecule has 0 aliphatic carbocycles. The first-order valence-electron chi connectivity index (χ1n) is 9.34. The van der Waals surface area contributed by atoms with Crippen LogP contribution in [-0.2, 0) is 6.42 Å². The number of aromatic nitrogens is 1. The third-order valence-corrected chi connectivity index (χ3v) is 4.85. The van der Waals surface area contributed by atoms with Crippen molar-refractivity contribution in [2.45, 2.75) is 26.2 Å². The average Bonchev–Trinajstić information content (AvgIpc) is 2.72. The fourth-order valence-electron chi connectivity index (χ4n) is 3.50. The summed E-state index contributed by atoms with van der Waals surface area (Å²) < 4.78 is 17.0. The van der Waals surface area contributed by atoms with E-state index >= 15 is 0 Å². The lowest BCUT2D eigenvalue weighted by Crippen LogP contribution is -2.15. The van der Waals surface area contributed by atoms with E-state index in [4.69, 9.17) is 14.2 Å². The molecule has 140 valence electrons. The van der Waals surface area contributed by atoms with Crippen LogP contribution in [0.25, 0.3) is 22.0 Å². The van der Waals surface area contributed by atoms with Crippen molar-refractivity contribution in [3.8, 4) is 28.4 Å². The van der Waals surface area contributed by atoms with Crippen molar-refractivity contribution in [3.63, 3.8) is 0 Å². The molecule has 5 nitrogen and oxygen atoms in total. The van der Waals surface area contributed by atoms with E-state index in [2.05, 4.69) is 11.9 Å². The van der Waals surface area contributed by atoms with Crippen LogP contribution >= 0.6 is 0 Å². The van der Waals surface area contributed by atoms with E-state index < -0.39 is 0 Å². The number of hydrogen-bond acceptors (Lipinski definition) is 4. The number of aryl methyl sites for hydroxylation is 1. The Hall–Kier alpha value is -2.95. The molecule has 0 spiro atoms. The second-order valence-electron chi connectivity index (χ2n) is 6.67. The van der Waals surface area contributed by atoms with Gasteiger partial charge >= 0.3 is 0 Å². The Balaban J connectivity index is 1.93. The van der Waals surface area contributed by atoms with Crippen LogP contribution in [0.1, 0.15) is 25.3 Å². The fraction of sp³-hybridized carbons (Fsp3) is 0.318. The maximum Gasteiger partial charge on any atom is 0.201 e. The number of rotatable bonds is 5. The summed E-state index contributed by atoms with van der Waals surface area (Å²) in [6.45, 7) is 3.30. The molecule has 1 aliphatic rings. The van der Waals surface area contributed by atoms with Gasteiger partial charge in [0.15, 0.2) is 0 Å². The van der Waals surface area contributed by atoms with Crippen LogP contribution in [0.5, 0.6) is 17.2 Å². The topological polar surface area (TPSA) is 60.5 Å². The van der Waals surface area contributed by atoms with Crippen molar-refractivity contribution >= 4 is 10.9 Å². The minimum Gasteiger partial charge on any atom is -0.497 e. The lowest BCUT2D eigenvalue weighted by atomic mass is 9.98. The summed E-state index contributed by atoms with van der Waals surface area (Å²) >= 11 is 0. The Kier molecular flexibility index (Phi) is 4.75. The van der Waals surface area contributed by atoms with E-state index in [0.717, 1.165) is 41.9 Å². The summed E-state index contributed by atoms with van der Waals surface area (Å²) in [4.78, 5) is 16.7. The molecule has 27 heavy (non-hydrogen) atoms. The van der Waals surface area contributed by atoms with Crippen LogP contribution in [0.3, 0.4) is 0 Å². The fourth-order valence-corrected chi connectivity index (χ4v) is 3.50. The SMILES string of the molecule is CCCOc1cc2c(c3c(=O)c(-c4ccc(OC)cc4)c[nH]c13)OCCC2. The van der Waals surface area contributed by atoms with Gasteiger partial charge in [-0.25, -0.2) is 0 Å². The minimum atomic E-state index is -0.0472. The first kappa shape index (κ1) is 17.5. The lowest BCUT2D eigenvalue weighted by molar-refractivity contribution is 0.288. The number of hydrogen-bond donors (Lipinski definition) is 1. The Morgan fingerprint density at radius 1 is 1.22 bits per heavy atom. The van der Waals surface area contributed by atoms with E-state index in [1.165, 1.54) is 0 Å². The van der Waals surface area contributed by atoms with Crippen molar-refractivity contribution in [2.24, 2.45) is 0 Å². The van der Waals surface area contributed by atoms with Crippen LogP contribution in [0.2, 0.25) is 0 Å². The van der Waals surface area contributed by atoms with E-state index in [1.54, 1.807) is 13.3 Å². The minimum absolute atomic E-state index is 0.0472. The van der Waals surface area contributed by atoms with Gasteiger partial charge in [-0.2, -0.15) is 0 Å². The maximum absolute atomic E-state index is 13.4. The number of ether oxygens (including phenoxy) is 3. The molecule has 1 aliphatic heterocycles. The number of fused-ring (bicyclic) bond motifs is 3. The lowest BCUT2D eigenvalue weighted by Gasteiger charge is -2.21. The molecule has 1 N–H and O–H groups in total. The van der Waals surface area contributed by atoms with Gasteiger partial charge in [0.05, 0.1) is 31.2 Å². The molecule has 1 aromatic heterocycles. The second-order valence-corrected chi connectivity index (χ2v) is 6.67. The zero-order valence-corrected chi connectivity index (χ0v) is 15.6. The molecule has 2 heterocycles. The number of pyridine rings is 1. The van der Waals surface area contributed by atoms with Crippen molar-refractivity contribution in [3.05, 3.63) is 52.3 Å². The van der Waals surface area contributed by atoms with Gasteiger partial charge in [-0.3, -0.25) is 4.79 Å². The smallest absolute Gasteiger partial charge is 0.201 e. The van der Waals surface area contributed by atoms with Crippen molar-refractivity contribution in [2.75, 3.05) is 20.3 Å². The second kappa shape index (κ2) is 7.35. The molecule has 0 bridgehead atoms. The molecule has 0 saturated heterocycles. The summed E-state index contributed by atoms with van der Waals surface area (Å²) in [5, 5.41) is 0.576. The van der Waals surface area contributed by atoms with E-state index in [1.807, 2.05) is 30.3 Å². The maximum atomic E-state index is 13.4. The van der Waals surface area contributed by atoms with Gasteiger partial charge < -0.3 is 19.2 Å². The molecule has 0 atom stereocenters. The predicted molar refractivity (Wildman–Crippen MR) is 106 cm³/mol. The molecule has 0 saturated carbocycles. The van der Waals surface area contributed by atoms with E-state index in [-0.39, 0.29) is 5.43 Å². The summed E-state index contributed by atoms with van der Waals surface area (Å²) in [6, 6.07) is 9.49. The molecule has 5 heteroatoms. The Morgan fingerprint density at radius 2 is 2.04 bits per heavy atom. The highest BCUT2D eigenvalue weighted by molar-refractivity contribution is 5.94. The van der Waals surface area contributed by atoms with Gasteiger partial charge in [0, 0.05) is 11.8 Å². The molecular formula is C22H23NO4. The van der Waals surface area contributed by atoms with Gasteiger partial charge in [-0.15, -0.1) is 0 Å². The van der Waals surface area contributed by atoms with Crippen LogP contribution in [0.4, 0.5) is 0 Å². The number of H-pyrrole nitrogens is 1. The summed E-state index contributed by atoms with van der Waals surface area (Å²) in [5.41, 5.74) is 3.13. The van der Waals surface area contributed by atoms with Gasteiger partial charge in [0.2, 0.25) is 5.43 Å². The van der Waals surface area contributed by atoms with Gasteiger partial charge in [0.1, 0.15) is 17.2 Å².